The first-order valence-electron chi connectivity index (χ1n) is 9.61. The number of benzene rings is 1. The van der Waals surface area contributed by atoms with Crippen molar-refractivity contribution in [3.8, 4) is 0 Å². The molecular weight excluding hydrogens is 408 g/mol. The molecule has 0 aliphatic carbocycles. The highest BCUT2D eigenvalue weighted by Crippen LogP contribution is 2.19. The normalized spacial score (nSPS) is 11.4. The van der Waals surface area contributed by atoms with Gasteiger partial charge in [0.2, 0.25) is 0 Å². The van der Waals surface area contributed by atoms with Crippen LogP contribution in [-0.4, -0.2) is 35.7 Å². The Hall–Kier alpha value is -2.84. The SMILES string of the molecule is COCCCN(C(=O)/C=C/c1ccc(Cl)cc1)c1c(N)n(CC(C)C)c(=O)[nH]c1=O. The van der Waals surface area contributed by atoms with Gasteiger partial charge < -0.3 is 15.4 Å². The van der Waals surface area contributed by atoms with Crippen LogP contribution in [0.5, 0.6) is 0 Å². The molecule has 2 rings (SSSR count). The number of nitrogens with one attached hydrogen (secondary N) is 1. The van der Waals surface area contributed by atoms with Gasteiger partial charge in [0, 0.05) is 37.9 Å². The Balaban J connectivity index is 2.45. The number of nitrogen functional groups attached to an aromatic ring is 1. The number of methoxy groups -OCH3 is 1. The molecule has 0 fully saturated rings. The molecule has 0 atom stereocenters. The molecule has 0 bridgehead atoms. The Morgan fingerprint density at radius 2 is 1.97 bits per heavy atom. The van der Waals surface area contributed by atoms with E-state index < -0.39 is 17.2 Å². The van der Waals surface area contributed by atoms with Crippen molar-refractivity contribution in [1.82, 2.24) is 9.55 Å². The van der Waals surface area contributed by atoms with Crippen molar-refractivity contribution in [3.63, 3.8) is 0 Å². The van der Waals surface area contributed by atoms with Crippen LogP contribution in [0.2, 0.25) is 5.02 Å². The Kier molecular flexibility index (Phi) is 8.44. The van der Waals surface area contributed by atoms with Gasteiger partial charge in [-0.1, -0.05) is 37.6 Å². The number of amides is 1. The molecule has 9 heteroatoms. The summed E-state index contributed by atoms with van der Waals surface area (Å²) in [4.78, 5) is 41.3. The van der Waals surface area contributed by atoms with Crippen molar-refractivity contribution in [3.05, 3.63) is 61.8 Å². The van der Waals surface area contributed by atoms with Crippen molar-refractivity contribution in [1.29, 1.82) is 0 Å². The summed E-state index contributed by atoms with van der Waals surface area (Å²) < 4.78 is 6.34. The largest absolute Gasteiger partial charge is 0.385 e. The number of nitrogens with zero attached hydrogens (tertiary/aromatic N) is 2. The molecule has 1 heterocycles. The predicted molar refractivity (Wildman–Crippen MR) is 120 cm³/mol. The number of halogens is 1. The van der Waals surface area contributed by atoms with Crippen LogP contribution in [0.1, 0.15) is 25.8 Å². The molecule has 0 saturated carbocycles. The molecule has 1 amide bonds. The van der Waals surface area contributed by atoms with Gasteiger partial charge in [-0.3, -0.25) is 19.1 Å². The van der Waals surface area contributed by atoms with E-state index in [9.17, 15) is 14.4 Å². The van der Waals surface area contributed by atoms with Gasteiger partial charge in [-0.05, 0) is 36.1 Å². The minimum atomic E-state index is -0.705. The van der Waals surface area contributed by atoms with Gasteiger partial charge in [-0.2, -0.15) is 0 Å². The molecule has 2 aromatic rings. The number of nitrogens with two attached hydrogens (primary N) is 1. The summed E-state index contributed by atoms with van der Waals surface area (Å²) >= 11 is 5.88. The lowest BCUT2D eigenvalue weighted by atomic mass is 10.2. The van der Waals surface area contributed by atoms with Crippen LogP contribution in [0.15, 0.2) is 39.9 Å². The molecule has 0 aliphatic rings. The smallest absolute Gasteiger partial charge is 0.330 e. The quantitative estimate of drug-likeness (QED) is 0.465. The summed E-state index contributed by atoms with van der Waals surface area (Å²) in [6.07, 6.45) is 3.46. The lowest BCUT2D eigenvalue weighted by Gasteiger charge is -2.24. The van der Waals surface area contributed by atoms with E-state index in [0.717, 1.165) is 5.56 Å². The van der Waals surface area contributed by atoms with Gasteiger partial charge in [0.25, 0.3) is 11.5 Å². The van der Waals surface area contributed by atoms with Gasteiger partial charge in [0.1, 0.15) is 5.82 Å². The number of aromatic nitrogens is 2. The summed E-state index contributed by atoms with van der Waals surface area (Å²) in [5, 5.41) is 0.589. The molecular formula is C21H27ClN4O4. The Morgan fingerprint density at radius 3 is 2.57 bits per heavy atom. The standard InChI is InChI=1S/C21H27ClN4O4/c1-14(2)13-26-19(23)18(20(28)24-21(26)29)25(11-4-12-30-3)17(27)10-7-15-5-8-16(22)9-6-15/h5-10,14H,4,11-13,23H2,1-3H3,(H,24,28,29)/b10-7+. The number of aromatic amines is 1. The van der Waals surface area contributed by atoms with E-state index in [1.165, 1.54) is 15.5 Å². The zero-order valence-electron chi connectivity index (χ0n) is 17.4. The van der Waals surface area contributed by atoms with Gasteiger partial charge >= 0.3 is 5.69 Å². The number of H-pyrrole nitrogens is 1. The highest BCUT2D eigenvalue weighted by atomic mass is 35.5. The van der Waals surface area contributed by atoms with E-state index in [-0.39, 0.29) is 24.0 Å². The highest BCUT2D eigenvalue weighted by molar-refractivity contribution is 6.30. The molecule has 0 saturated heterocycles. The molecule has 3 N–H and O–H groups in total. The average molecular weight is 435 g/mol. The number of anilines is 2. The Morgan fingerprint density at radius 1 is 1.30 bits per heavy atom. The number of ether oxygens (including phenoxy) is 1. The highest BCUT2D eigenvalue weighted by Gasteiger charge is 2.23. The zero-order valence-corrected chi connectivity index (χ0v) is 18.1. The number of rotatable bonds is 9. The van der Waals surface area contributed by atoms with Crippen molar-refractivity contribution in [2.45, 2.75) is 26.8 Å². The van der Waals surface area contributed by atoms with Gasteiger partial charge in [-0.15, -0.1) is 0 Å². The summed E-state index contributed by atoms with van der Waals surface area (Å²) in [5.74, 6) is -0.359. The first-order chi connectivity index (χ1) is 14.2. The van der Waals surface area contributed by atoms with Crippen molar-refractivity contribution < 1.29 is 9.53 Å². The molecule has 0 radical (unpaired) electrons. The molecule has 8 nitrogen and oxygen atoms in total. The maximum atomic E-state index is 13.0. The molecule has 0 unspecified atom stereocenters. The first kappa shape index (κ1) is 23.4. The fourth-order valence-corrected chi connectivity index (χ4v) is 3.04. The summed E-state index contributed by atoms with van der Waals surface area (Å²) in [6.45, 7) is 4.76. The van der Waals surface area contributed by atoms with Gasteiger partial charge in [0.05, 0.1) is 0 Å². The third kappa shape index (κ3) is 6.08. The van der Waals surface area contributed by atoms with Crippen LogP contribution in [-0.2, 0) is 16.1 Å². The van der Waals surface area contributed by atoms with Crippen LogP contribution in [0, 0.1) is 5.92 Å². The lowest BCUT2D eigenvalue weighted by molar-refractivity contribution is -0.114. The Bertz CT molecular complexity index is 1010. The minimum Gasteiger partial charge on any atom is -0.385 e. The minimum absolute atomic E-state index is 0.0388. The lowest BCUT2D eigenvalue weighted by Crippen LogP contribution is -2.41. The van der Waals surface area contributed by atoms with Crippen molar-refractivity contribution in [2.24, 2.45) is 5.92 Å². The summed E-state index contributed by atoms with van der Waals surface area (Å²) in [6, 6.07) is 6.97. The maximum absolute atomic E-state index is 13.0. The van der Waals surface area contributed by atoms with Gasteiger partial charge in [-0.25, -0.2) is 4.79 Å². The second-order valence-electron chi connectivity index (χ2n) is 7.22. The van der Waals surface area contributed by atoms with Crippen molar-refractivity contribution in [2.75, 3.05) is 30.9 Å². The molecule has 30 heavy (non-hydrogen) atoms. The molecule has 0 aliphatic heterocycles. The third-order valence-electron chi connectivity index (χ3n) is 4.32. The summed E-state index contributed by atoms with van der Waals surface area (Å²) in [5.41, 5.74) is 5.60. The molecule has 162 valence electrons. The predicted octanol–water partition coefficient (Wildman–Crippen LogP) is 2.51. The van der Waals surface area contributed by atoms with Crippen LogP contribution in [0.25, 0.3) is 6.08 Å². The van der Waals surface area contributed by atoms with E-state index >= 15 is 0 Å². The molecule has 1 aromatic carbocycles. The molecule has 1 aromatic heterocycles. The van der Waals surface area contributed by atoms with E-state index in [4.69, 9.17) is 22.1 Å². The zero-order chi connectivity index (χ0) is 22.3. The van der Waals surface area contributed by atoms with Crippen molar-refractivity contribution >= 4 is 35.1 Å². The topological polar surface area (TPSA) is 110 Å². The van der Waals surface area contributed by atoms with Crippen LogP contribution in [0.3, 0.4) is 0 Å². The van der Waals surface area contributed by atoms with E-state index in [0.29, 0.717) is 24.6 Å². The molecule has 0 spiro atoms. The van der Waals surface area contributed by atoms with Crippen LogP contribution >= 0.6 is 11.6 Å². The van der Waals surface area contributed by atoms with E-state index in [1.807, 2.05) is 13.8 Å². The maximum Gasteiger partial charge on any atom is 0.330 e. The average Bonchev–Trinajstić information content (AvgIpc) is 2.69. The first-order valence-corrected chi connectivity index (χ1v) is 9.99. The van der Waals surface area contributed by atoms with E-state index in [1.54, 1.807) is 37.5 Å². The Labute approximate surface area is 179 Å². The van der Waals surface area contributed by atoms with Crippen LogP contribution < -0.4 is 21.9 Å². The number of carbonyl (C=O) groups excluding carboxylic acids is 1. The fraction of sp³-hybridized carbons (Fsp3) is 0.381. The second kappa shape index (κ2) is 10.8. The van der Waals surface area contributed by atoms with Crippen LogP contribution in [0.4, 0.5) is 11.5 Å². The monoisotopic (exact) mass is 434 g/mol. The fourth-order valence-electron chi connectivity index (χ4n) is 2.92. The number of carbonyl (C=O) groups is 1. The number of hydrogen-bond donors (Lipinski definition) is 2. The second-order valence-corrected chi connectivity index (χ2v) is 7.66. The number of hydrogen-bond acceptors (Lipinski definition) is 5. The van der Waals surface area contributed by atoms with Gasteiger partial charge in [0.15, 0.2) is 5.69 Å². The summed E-state index contributed by atoms with van der Waals surface area (Å²) in [7, 11) is 1.55. The third-order valence-corrected chi connectivity index (χ3v) is 4.57. The van der Waals surface area contributed by atoms with E-state index in [2.05, 4.69) is 4.98 Å².